The Labute approximate surface area is 121 Å². The normalized spacial score (nSPS) is 14.7. The molecule has 5 heteroatoms. The molecule has 0 aliphatic heterocycles. The fourth-order valence-electron chi connectivity index (χ4n) is 2.41. The van der Waals surface area contributed by atoms with Gasteiger partial charge in [0, 0.05) is 17.0 Å². The zero-order chi connectivity index (χ0) is 14.2. The first-order chi connectivity index (χ1) is 10.3. The molecule has 0 amide bonds. The summed E-state index contributed by atoms with van der Waals surface area (Å²) in [6.45, 7) is 0.580. The summed E-state index contributed by atoms with van der Waals surface area (Å²) in [5, 5.41) is 8.70. The highest BCUT2D eigenvalue weighted by atomic mass is 19.1. The Kier molecular flexibility index (Phi) is 2.93. The predicted molar refractivity (Wildman–Crippen MR) is 77.1 cm³/mol. The van der Waals surface area contributed by atoms with Gasteiger partial charge in [0.25, 0.3) is 0 Å². The molecular weight excluding hydrogens is 269 g/mol. The van der Waals surface area contributed by atoms with E-state index in [-0.39, 0.29) is 5.82 Å². The summed E-state index contributed by atoms with van der Waals surface area (Å²) in [6, 6.07) is 11.0. The van der Waals surface area contributed by atoms with Crippen molar-refractivity contribution in [3.63, 3.8) is 0 Å². The summed E-state index contributed by atoms with van der Waals surface area (Å²) in [6.07, 6.45) is 2.42. The van der Waals surface area contributed by atoms with Crippen LogP contribution in [0.15, 0.2) is 40.9 Å². The minimum absolute atomic E-state index is 0.242. The molecule has 3 aromatic rings. The number of nitrogens with zero attached hydrogens (tertiary/aromatic N) is 2. The van der Waals surface area contributed by atoms with Crippen LogP contribution < -0.4 is 5.32 Å². The van der Waals surface area contributed by atoms with Crippen molar-refractivity contribution in [1.29, 1.82) is 0 Å². The van der Waals surface area contributed by atoms with Crippen LogP contribution in [0.25, 0.3) is 22.2 Å². The molecule has 1 aliphatic carbocycles. The fourth-order valence-corrected chi connectivity index (χ4v) is 2.41. The molecule has 106 valence electrons. The van der Waals surface area contributed by atoms with Crippen LogP contribution in [0.1, 0.15) is 18.7 Å². The first-order valence-corrected chi connectivity index (χ1v) is 7.05. The third-order valence-electron chi connectivity index (χ3n) is 3.70. The maximum Gasteiger partial charge on any atom is 0.240 e. The van der Waals surface area contributed by atoms with E-state index >= 15 is 0 Å². The predicted octanol–water partition coefficient (Wildman–Crippen LogP) is 3.28. The smallest absolute Gasteiger partial charge is 0.240 e. The van der Waals surface area contributed by atoms with E-state index in [1.165, 1.54) is 18.9 Å². The van der Waals surface area contributed by atoms with Crippen molar-refractivity contribution >= 4 is 10.8 Å². The lowest BCUT2D eigenvalue weighted by molar-refractivity contribution is 0.367. The zero-order valence-electron chi connectivity index (χ0n) is 11.3. The molecule has 21 heavy (non-hydrogen) atoms. The van der Waals surface area contributed by atoms with Crippen molar-refractivity contribution in [3.8, 4) is 11.4 Å². The van der Waals surface area contributed by atoms with E-state index in [1.807, 2.05) is 18.2 Å². The number of hydrogen-bond acceptors (Lipinski definition) is 4. The highest BCUT2D eigenvalue weighted by Gasteiger charge is 2.21. The fraction of sp³-hybridized carbons (Fsp3) is 0.250. The van der Waals surface area contributed by atoms with Gasteiger partial charge in [-0.2, -0.15) is 4.98 Å². The number of halogens is 1. The van der Waals surface area contributed by atoms with Gasteiger partial charge in [-0.25, -0.2) is 4.39 Å². The van der Waals surface area contributed by atoms with Crippen molar-refractivity contribution in [2.75, 3.05) is 0 Å². The van der Waals surface area contributed by atoms with E-state index in [2.05, 4.69) is 15.5 Å². The summed E-state index contributed by atoms with van der Waals surface area (Å²) >= 11 is 0. The molecule has 0 saturated heterocycles. The maximum absolute atomic E-state index is 13.8. The molecule has 1 heterocycles. The highest BCUT2D eigenvalue weighted by Crippen LogP contribution is 2.28. The third-order valence-corrected chi connectivity index (χ3v) is 3.70. The van der Waals surface area contributed by atoms with E-state index in [4.69, 9.17) is 4.52 Å². The van der Waals surface area contributed by atoms with Crippen LogP contribution in [-0.4, -0.2) is 16.2 Å². The summed E-state index contributed by atoms with van der Waals surface area (Å²) in [5.41, 5.74) is 0.786. The molecule has 4 nitrogen and oxygen atoms in total. The van der Waals surface area contributed by atoms with Crippen molar-refractivity contribution < 1.29 is 8.91 Å². The Balaban J connectivity index is 1.70. The van der Waals surface area contributed by atoms with Gasteiger partial charge in [-0.3, -0.25) is 0 Å². The number of fused-ring (bicyclic) bond motifs is 1. The number of hydrogen-bond donors (Lipinski definition) is 1. The average Bonchev–Trinajstić information content (AvgIpc) is 3.23. The van der Waals surface area contributed by atoms with Gasteiger partial charge in [0.05, 0.1) is 6.54 Å². The second-order valence-electron chi connectivity index (χ2n) is 5.31. The van der Waals surface area contributed by atoms with Crippen LogP contribution in [0, 0.1) is 5.82 Å². The summed E-state index contributed by atoms with van der Waals surface area (Å²) in [4.78, 5) is 4.40. The number of benzene rings is 2. The van der Waals surface area contributed by atoms with Gasteiger partial charge < -0.3 is 9.84 Å². The zero-order valence-corrected chi connectivity index (χ0v) is 11.3. The Morgan fingerprint density at radius 2 is 1.95 bits per heavy atom. The second kappa shape index (κ2) is 4.93. The standard InChI is InChI=1S/C16H14FN3O/c17-14-8-7-13(11-3-1-2-4-12(11)14)16-19-15(21-20-16)9-18-10-5-6-10/h1-4,7-8,10,18H,5-6,9H2. The van der Waals surface area contributed by atoms with E-state index in [0.29, 0.717) is 29.7 Å². The largest absolute Gasteiger partial charge is 0.338 e. The monoisotopic (exact) mass is 283 g/mol. The first kappa shape index (κ1) is 12.5. The van der Waals surface area contributed by atoms with Gasteiger partial charge in [0.1, 0.15) is 5.82 Å². The van der Waals surface area contributed by atoms with Crippen LogP contribution in [-0.2, 0) is 6.54 Å². The molecule has 1 N–H and O–H groups in total. The Morgan fingerprint density at radius 3 is 2.76 bits per heavy atom. The lowest BCUT2D eigenvalue weighted by Gasteiger charge is -2.03. The van der Waals surface area contributed by atoms with Gasteiger partial charge in [-0.05, 0) is 30.4 Å². The molecule has 0 atom stereocenters. The molecular formula is C16H14FN3O. The van der Waals surface area contributed by atoms with Crippen molar-refractivity contribution in [1.82, 2.24) is 15.5 Å². The quantitative estimate of drug-likeness (QED) is 0.798. The molecule has 0 bridgehead atoms. The van der Waals surface area contributed by atoms with E-state index in [9.17, 15) is 4.39 Å². The van der Waals surface area contributed by atoms with Crippen LogP contribution in [0.5, 0.6) is 0 Å². The minimum atomic E-state index is -0.242. The molecule has 1 aliphatic rings. The van der Waals surface area contributed by atoms with Gasteiger partial charge in [-0.1, -0.05) is 29.4 Å². The second-order valence-corrected chi connectivity index (χ2v) is 5.31. The summed E-state index contributed by atoms with van der Waals surface area (Å²) < 4.78 is 19.1. The average molecular weight is 283 g/mol. The first-order valence-electron chi connectivity index (χ1n) is 7.05. The Hall–Kier alpha value is -2.27. The number of rotatable bonds is 4. The van der Waals surface area contributed by atoms with Crippen LogP contribution in [0.3, 0.4) is 0 Å². The number of nitrogens with one attached hydrogen (secondary N) is 1. The maximum atomic E-state index is 13.8. The Morgan fingerprint density at radius 1 is 1.14 bits per heavy atom. The molecule has 0 unspecified atom stereocenters. The van der Waals surface area contributed by atoms with Crippen molar-refractivity contribution in [2.24, 2.45) is 0 Å². The lowest BCUT2D eigenvalue weighted by atomic mass is 10.0. The highest BCUT2D eigenvalue weighted by molar-refractivity contribution is 5.95. The van der Waals surface area contributed by atoms with E-state index in [0.717, 1.165) is 10.9 Å². The van der Waals surface area contributed by atoms with Gasteiger partial charge in [0.2, 0.25) is 11.7 Å². The van der Waals surface area contributed by atoms with Gasteiger partial charge in [-0.15, -0.1) is 0 Å². The molecule has 1 aromatic heterocycles. The third kappa shape index (κ3) is 2.40. The summed E-state index contributed by atoms with van der Waals surface area (Å²) in [5.74, 6) is 0.817. The van der Waals surface area contributed by atoms with Crippen LogP contribution in [0.2, 0.25) is 0 Å². The molecule has 1 saturated carbocycles. The lowest BCUT2D eigenvalue weighted by Crippen LogP contribution is -2.15. The number of aromatic nitrogens is 2. The van der Waals surface area contributed by atoms with E-state index in [1.54, 1.807) is 12.1 Å². The molecule has 0 radical (unpaired) electrons. The van der Waals surface area contributed by atoms with Crippen LogP contribution >= 0.6 is 0 Å². The summed E-state index contributed by atoms with van der Waals surface area (Å²) in [7, 11) is 0. The molecule has 0 spiro atoms. The van der Waals surface area contributed by atoms with E-state index < -0.39 is 0 Å². The van der Waals surface area contributed by atoms with Gasteiger partial charge >= 0.3 is 0 Å². The van der Waals surface area contributed by atoms with Crippen molar-refractivity contribution in [3.05, 3.63) is 48.1 Å². The minimum Gasteiger partial charge on any atom is -0.338 e. The molecule has 1 fully saturated rings. The molecule has 2 aromatic carbocycles. The topological polar surface area (TPSA) is 51.0 Å². The SMILES string of the molecule is Fc1ccc(-c2noc(CNC3CC3)n2)c2ccccc12. The molecule has 4 rings (SSSR count). The van der Waals surface area contributed by atoms with Crippen LogP contribution in [0.4, 0.5) is 4.39 Å². The van der Waals surface area contributed by atoms with Crippen molar-refractivity contribution in [2.45, 2.75) is 25.4 Å². The Bertz CT molecular complexity index is 795. The van der Waals surface area contributed by atoms with Gasteiger partial charge in [0.15, 0.2) is 0 Å².